The summed E-state index contributed by atoms with van der Waals surface area (Å²) in [4.78, 5) is 23.3. The van der Waals surface area contributed by atoms with E-state index in [2.05, 4.69) is 11.4 Å². The first kappa shape index (κ1) is 23.2. The Morgan fingerprint density at radius 3 is 2.36 bits per heavy atom. The lowest BCUT2D eigenvalue weighted by Crippen LogP contribution is -2.13. The second-order valence-electron chi connectivity index (χ2n) is 7.15. The van der Waals surface area contributed by atoms with Gasteiger partial charge in [-0.3, -0.25) is 4.79 Å². The largest absolute Gasteiger partial charge is 0.478 e. The zero-order chi connectivity index (χ0) is 21.1. The Bertz CT molecular complexity index is 818. The van der Waals surface area contributed by atoms with E-state index in [1.165, 1.54) is 22.8 Å². The summed E-state index contributed by atoms with van der Waals surface area (Å²) >= 11 is 0. The summed E-state index contributed by atoms with van der Waals surface area (Å²) in [7, 11) is 0. The Hall–Kier alpha value is -2.88. The number of hydrogen-bond donors (Lipinski definition) is 2. The average Bonchev–Trinajstić information content (AvgIpc) is 2.62. The van der Waals surface area contributed by atoms with E-state index in [9.17, 15) is 9.59 Å². The fraction of sp³-hybridized carbons (Fsp3) is 0.333. The van der Waals surface area contributed by atoms with Crippen molar-refractivity contribution < 1.29 is 14.7 Å². The summed E-state index contributed by atoms with van der Waals surface area (Å²) < 4.78 is 0. The van der Waals surface area contributed by atoms with Crippen LogP contribution in [-0.2, 0) is 16.0 Å². The van der Waals surface area contributed by atoms with Gasteiger partial charge in [-0.15, -0.1) is 0 Å². The fourth-order valence-corrected chi connectivity index (χ4v) is 2.64. The van der Waals surface area contributed by atoms with Crippen LogP contribution in [-0.4, -0.2) is 17.0 Å². The molecule has 0 atom stereocenters. The predicted octanol–water partition coefficient (Wildman–Crippen LogP) is 5.92. The number of carboxylic acids is 1. The van der Waals surface area contributed by atoms with E-state index in [1.807, 2.05) is 65.0 Å². The second-order valence-corrected chi connectivity index (χ2v) is 7.15. The van der Waals surface area contributed by atoms with Crippen LogP contribution in [0.2, 0.25) is 0 Å². The molecule has 0 radical (unpaired) electrons. The second kappa shape index (κ2) is 11.8. The Labute approximate surface area is 168 Å². The topological polar surface area (TPSA) is 66.4 Å². The molecule has 4 heteroatoms. The number of hydrogen-bond acceptors (Lipinski definition) is 2. The van der Waals surface area contributed by atoms with E-state index in [0.717, 1.165) is 22.9 Å². The van der Waals surface area contributed by atoms with Crippen LogP contribution in [0.4, 0.5) is 5.69 Å². The zero-order valence-corrected chi connectivity index (χ0v) is 17.5. The highest BCUT2D eigenvalue weighted by Crippen LogP contribution is 2.22. The summed E-state index contributed by atoms with van der Waals surface area (Å²) in [6.45, 7) is 10.1. The zero-order valence-electron chi connectivity index (χ0n) is 17.5. The first-order valence-corrected chi connectivity index (χ1v) is 9.49. The van der Waals surface area contributed by atoms with Crippen molar-refractivity contribution in [2.24, 2.45) is 0 Å². The number of amides is 1. The smallest absolute Gasteiger partial charge is 0.328 e. The maximum Gasteiger partial charge on any atom is 0.328 e. The molecule has 0 aliphatic carbocycles. The van der Waals surface area contributed by atoms with E-state index in [0.29, 0.717) is 19.3 Å². The summed E-state index contributed by atoms with van der Waals surface area (Å²) in [6, 6.07) is 5.60. The van der Waals surface area contributed by atoms with Gasteiger partial charge in [0.25, 0.3) is 0 Å². The first-order valence-electron chi connectivity index (χ1n) is 9.49. The molecule has 4 nitrogen and oxygen atoms in total. The van der Waals surface area contributed by atoms with Gasteiger partial charge < -0.3 is 10.4 Å². The average molecular weight is 382 g/mol. The van der Waals surface area contributed by atoms with Gasteiger partial charge in [-0.25, -0.2) is 4.79 Å². The van der Waals surface area contributed by atoms with E-state index in [-0.39, 0.29) is 5.91 Å². The normalized spacial score (nSPS) is 10.9. The van der Waals surface area contributed by atoms with Crippen LogP contribution in [0.1, 0.15) is 58.6 Å². The molecule has 1 aromatic rings. The number of allylic oxidation sites excluding steroid dienone is 6. The number of nitrogens with one attached hydrogen (secondary N) is 1. The molecule has 0 aromatic heterocycles. The number of carbonyl (C=O) groups excluding carboxylic acids is 1. The van der Waals surface area contributed by atoms with Crippen LogP contribution in [0.15, 0.2) is 59.2 Å². The van der Waals surface area contributed by atoms with Gasteiger partial charge >= 0.3 is 5.97 Å². The highest BCUT2D eigenvalue weighted by Gasteiger charge is 2.09. The summed E-state index contributed by atoms with van der Waals surface area (Å²) in [5.74, 6) is -1.06. The number of anilines is 1. The fourth-order valence-electron chi connectivity index (χ4n) is 2.64. The molecule has 150 valence electrons. The van der Waals surface area contributed by atoms with E-state index >= 15 is 0 Å². The molecule has 2 N–H and O–H groups in total. The number of benzene rings is 1. The number of carbonyl (C=O) groups is 2. The number of aliphatic carboxylic acids is 1. The molecular formula is C24H31NO3. The van der Waals surface area contributed by atoms with Crippen LogP contribution in [0.5, 0.6) is 0 Å². The quantitative estimate of drug-likeness (QED) is 0.317. The molecular weight excluding hydrogens is 350 g/mol. The molecule has 1 rings (SSSR count). The molecule has 0 saturated heterocycles. The van der Waals surface area contributed by atoms with Gasteiger partial charge in [0.2, 0.25) is 5.91 Å². The van der Waals surface area contributed by atoms with Crippen molar-refractivity contribution >= 4 is 23.6 Å². The lowest BCUT2D eigenvalue weighted by Gasteiger charge is -2.12. The van der Waals surface area contributed by atoms with Gasteiger partial charge in [0, 0.05) is 18.2 Å². The number of carboxylic acid groups (broad SMARTS) is 1. The summed E-state index contributed by atoms with van der Waals surface area (Å²) in [5.41, 5.74) is 6.03. The minimum absolute atomic E-state index is 0.0546. The lowest BCUT2D eigenvalue weighted by molar-refractivity contribution is -0.131. The standard InChI is InChI=1S/C24H31NO3/c1-6-7-20(18(4)5)13-14-23(26)25-22-16-19(10-15-24(27)28)9-12-21(22)11-8-17(2)3/h6-10,12,15-16H,11,13-14H2,1-5H3,(H,25,26)(H,27,28)/b7-6-,15-10+. The minimum Gasteiger partial charge on any atom is -0.478 e. The third kappa shape index (κ3) is 8.67. The van der Waals surface area contributed by atoms with Crippen molar-refractivity contribution in [3.05, 3.63) is 70.3 Å². The van der Waals surface area contributed by atoms with Crippen LogP contribution < -0.4 is 5.32 Å². The van der Waals surface area contributed by atoms with Gasteiger partial charge in [0.15, 0.2) is 0 Å². The maximum atomic E-state index is 12.5. The molecule has 1 aromatic carbocycles. The third-order valence-electron chi connectivity index (χ3n) is 4.19. The Balaban J connectivity index is 3.01. The van der Waals surface area contributed by atoms with Crippen LogP contribution in [0, 0.1) is 0 Å². The van der Waals surface area contributed by atoms with Gasteiger partial charge in [0.05, 0.1) is 0 Å². The lowest BCUT2D eigenvalue weighted by atomic mass is 10.0. The van der Waals surface area contributed by atoms with Gasteiger partial charge in [-0.05, 0) is 76.3 Å². The van der Waals surface area contributed by atoms with Crippen LogP contribution in [0.25, 0.3) is 6.08 Å². The third-order valence-corrected chi connectivity index (χ3v) is 4.19. The van der Waals surface area contributed by atoms with Crippen molar-refractivity contribution in [1.82, 2.24) is 0 Å². The van der Waals surface area contributed by atoms with Gasteiger partial charge in [-0.1, -0.05) is 41.5 Å². The van der Waals surface area contributed by atoms with Crippen molar-refractivity contribution in [3.8, 4) is 0 Å². The molecule has 1 amide bonds. The minimum atomic E-state index is -1.00. The first-order chi connectivity index (χ1) is 13.2. The van der Waals surface area contributed by atoms with E-state index in [4.69, 9.17) is 5.11 Å². The van der Waals surface area contributed by atoms with Crippen LogP contribution in [0.3, 0.4) is 0 Å². The molecule has 0 fully saturated rings. The molecule has 0 bridgehead atoms. The monoisotopic (exact) mass is 381 g/mol. The highest BCUT2D eigenvalue weighted by molar-refractivity contribution is 5.92. The molecule has 0 unspecified atom stereocenters. The van der Waals surface area contributed by atoms with Gasteiger partial charge in [0.1, 0.15) is 0 Å². The van der Waals surface area contributed by atoms with Crippen molar-refractivity contribution in [2.45, 2.75) is 53.9 Å². The van der Waals surface area contributed by atoms with Crippen molar-refractivity contribution in [1.29, 1.82) is 0 Å². The predicted molar refractivity (Wildman–Crippen MR) is 117 cm³/mol. The Morgan fingerprint density at radius 2 is 1.79 bits per heavy atom. The van der Waals surface area contributed by atoms with Crippen molar-refractivity contribution in [3.63, 3.8) is 0 Å². The van der Waals surface area contributed by atoms with Crippen molar-refractivity contribution in [2.75, 3.05) is 5.32 Å². The summed E-state index contributed by atoms with van der Waals surface area (Å²) in [6.07, 6.45) is 10.5. The molecule has 0 heterocycles. The Morgan fingerprint density at radius 1 is 1.07 bits per heavy atom. The Kier molecular flexibility index (Phi) is 9.72. The van der Waals surface area contributed by atoms with Gasteiger partial charge in [-0.2, -0.15) is 0 Å². The molecule has 0 aliphatic rings. The SMILES string of the molecule is C/C=C\C(CCC(=O)Nc1cc(/C=C/C(=O)O)ccc1CC=C(C)C)=C(C)C. The molecule has 0 saturated carbocycles. The molecule has 28 heavy (non-hydrogen) atoms. The highest BCUT2D eigenvalue weighted by atomic mass is 16.4. The molecule has 0 aliphatic heterocycles. The van der Waals surface area contributed by atoms with E-state index < -0.39 is 5.97 Å². The van der Waals surface area contributed by atoms with Crippen LogP contribution >= 0.6 is 0 Å². The summed E-state index contributed by atoms with van der Waals surface area (Å²) in [5, 5.41) is 11.8. The maximum absolute atomic E-state index is 12.5. The number of rotatable bonds is 9. The molecule has 0 spiro atoms. The van der Waals surface area contributed by atoms with E-state index in [1.54, 1.807) is 0 Å².